The molecule has 0 fully saturated rings. The van der Waals surface area contributed by atoms with Crippen molar-refractivity contribution in [1.82, 2.24) is 4.98 Å². The molecule has 0 amide bonds. The van der Waals surface area contributed by atoms with E-state index >= 15 is 0 Å². The molecule has 0 aliphatic carbocycles. The van der Waals surface area contributed by atoms with Crippen molar-refractivity contribution in [3.05, 3.63) is 23.0 Å². The first-order valence-corrected chi connectivity index (χ1v) is 5.50. The summed E-state index contributed by atoms with van der Waals surface area (Å²) >= 11 is 5.89. The number of aromatic nitrogens is 1. The average molecular weight is 241 g/mol. The van der Waals surface area contributed by atoms with Crippen LogP contribution in [0.5, 0.6) is 0 Å². The summed E-state index contributed by atoms with van der Waals surface area (Å²) in [5, 5.41) is 0.497. The molecule has 2 aromatic rings. The Hall–Kier alpha value is -1.26. The van der Waals surface area contributed by atoms with Crippen LogP contribution in [0.25, 0.3) is 11.1 Å². The number of benzene rings is 1. The molecule has 0 atom stereocenters. The van der Waals surface area contributed by atoms with E-state index in [0.29, 0.717) is 41.8 Å². The minimum absolute atomic E-state index is 0.497. The van der Waals surface area contributed by atoms with E-state index in [1.54, 1.807) is 12.1 Å². The number of hydrogen-bond donors (Lipinski definition) is 1. The Balaban J connectivity index is 2.23. The predicted molar refractivity (Wildman–Crippen MR) is 63.6 cm³/mol. The van der Waals surface area contributed by atoms with Gasteiger partial charge in [0.2, 0.25) is 0 Å². The minimum Gasteiger partial charge on any atom is -0.441 e. The molecule has 1 aromatic heterocycles. The van der Waals surface area contributed by atoms with Gasteiger partial charge in [-0.2, -0.15) is 0 Å². The number of nitrogen functional groups attached to an aromatic ring is 1. The minimum atomic E-state index is 0.497. The fourth-order valence-corrected chi connectivity index (χ4v) is 1.58. The molecule has 0 aliphatic rings. The van der Waals surface area contributed by atoms with Gasteiger partial charge in [0, 0.05) is 19.1 Å². The van der Waals surface area contributed by atoms with Gasteiger partial charge >= 0.3 is 0 Å². The second-order valence-electron chi connectivity index (χ2n) is 3.40. The maximum absolute atomic E-state index is 5.89. The highest BCUT2D eigenvalue weighted by atomic mass is 35.5. The molecule has 0 saturated heterocycles. The average Bonchev–Trinajstić information content (AvgIpc) is 2.61. The number of nitrogens with two attached hydrogens (primary N) is 1. The maximum Gasteiger partial charge on any atom is 0.197 e. The molecule has 0 spiro atoms. The quantitative estimate of drug-likeness (QED) is 0.659. The number of anilines is 1. The summed E-state index contributed by atoms with van der Waals surface area (Å²) in [5.41, 5.74) is 7.56. The molecule has 86 valence electrons. The SMILES string of the molecule is CCOCCc1nc2cc(Cl)c(N)cc2o1. The van der Waals surface area contributed by atoms with E-state index in [9.17, 15) is 0 Å². The first-order valence-electron chi connectivity index (χ1n) is 5.13. The van der Waals surface area contributed by atoms with Crippen molar-refractivity contribution < 1.29 is 9.15 Å². The summed E-state index contributed by atoms with van der Waals surface area (Å²) in [6, 6.07) is 3.40. The van der Waals surface area contributed by atoms with E-state index in [4.69, 9.17) is 26.5 Å². The van der Waals surface area contributed by atoms with Gasteiger partial charge in [-0.3, -0.25) is 0 Å². The van der Waals surface area contributed by atoms with Crippen LogP contribution in [0.15, 0.2) is 16.5 Å². The molecule has 16 heavy (non-hydrogen) atoms. The third kappa shape index (κ3) is 2.28. The zero-order valence-electron chi connectivity index (χ0n) is 9.00. The molecule has 0 aliphatic heterocycles. The lowest BCUT2D eigenvalue weighted by Gasteiger charge is -1.95. The first kappa shape index (κ1) is 11.2. The van der Waals surface area contributed by atoms with Gasteiger partial charge < -0.3 is 14.9 Å². The standard InChI is InChI=1S/C11H13ClN2O2/c1-2-15-4-3-11-14-9-5-7(12)8(13)6-10(9)16-11/h5-6H,2-4,13H2,1H3. The Morgan fingerprint density at radius 1 is 1.50 bits per heavy atom. The van der Waals surface area contributed by atoms with Gasteiger partial charge in [0.15, 0.2) is 11.5 Å². The molecular formula is C11H13ClN2O2. The molecule has 0 unspecified atom stereocenters. The number of rotatable bonds is 4. The number of halogens is 1. The van der Waals surface area contributed by atoms with E-state index in [-0.39, 0.29) is 0 Å². The lowest BCUT2D eigenvalue weighted by atomic mass is 10.3. The molecule has 1 aromatic carbocycles. The molecule has 2 N–H and O–H groups in total. The fraction of sp³-hybridized carbons (Fsp3) is 0.364. The summed E-state index contributed by atoms with van der Waals surface area (Å²) in [4.78, 5) is 4.30. The van der Waals surface area contributed by atoms with E-state index in [1.165, 1.54) is 0 Å². The van der Waals surface area contributed by atoms with Crippen molar-refractivity contribution in [2.45, 2.75) is 13.3 Å². The fourth-order valence-electron chi connectivity index (χ4n) is 1.42. The largest absolute Gasteiger partial charge is 0.441 e. The Bertz CT molecular complexity index is 457. The second kappa shape index (κ2) is 4.72. The van der Waals surface area contributed by atoms with Crippen LogP contribution in [-0.4, -0.2) is 18.2 Å². The Kier molecular flexibility index (Phi) is 3.31. The summed E-state index contributed by atoms with van der Waals surface area (Å²) in [7, 11) is 0. The molecular weight excluding hydrogens is 228 g/mol. The normalized spacial score (nSPS) is 11.1. The Morgan fingerprint density at radius 2 is 2.31 bits per heavy atom. The summed E-state index contributed by atoms with van der Waals surface area (Å²) < 4.78 is 10.8. The number of nitrogens with zero attached hydrogens (tertiary/aromatic N) is 1. The van der Waals surface area contributed by atoms with Gasteiger partial charge in [-0.15, -0.1) is 0 Å². The van der Waals surface area contributed by atoms with E-state index < -0.39 is 0 Å². The molecule has 4 nitrogen and oxygen atoms in total. The van der Waals surface area contributed by atoms with Crippen LogP contribution in [0.4, 0.5) is 5.69 Å². The van der Waals surface area contributed by atoms with E-state index in [0.717, 1.165) is 5.52 Å². The molecule has 1 heterocycles. The third-order valence-electron chi connectivity index (χ3n) is 2.22. The van der Waals surface area contributed by atoms with Gasteiger partial charge in [0.25, 0.3) is 0 Å². The zero-order valence-corrected chi connectivity index (χ0v) is 9.75. The number of fused-ring (bicyclic) bond motifs is 1. The van der Waals surface area contributed by atoms with Gasteiger partial charge in [-0.1, -0.05) is 11.6 Å². The molecule has 0 radical (unpaired) electrons. The van der Waals surface area contributed by atoms with Gasteiger partial charge in [0.05, 0.1) is 17.3 Å². The highest BCUT2D eigenvalue weighted by Crippen LogP contribution is 2.26. The predicted octanol–water partition coefficient (Wildman–Crippen LogP) is 2.64. The summed E-state index contributed by atoms with van der Waals surface area (Å²) in [5.74, 6) is 0.644. The summed E-state index contributed by atoms with van der Waals surface area (Å²) in [6.07, 6.45) is 0.653. The maximum atomic E-state index is 5.89. The third-order valence-corrected chi connectivity index (χ3v) is 2.54. The van der Waals surface area contributed by atoms with Crippen molar-refractivity contribution >= 4 is 28.4 Å². The van der Waals surface area contributed by atoms with Crippen LogP contribution < -0.4 is 5.73 Å². The van der Waals surface area contributed by atoms with Gasteiger partial charge in [0.1, 0.15) is 5.52 Å². The smallest absolute Gasteiger partial charge is 0.197 e. The van der Waals surface area contributed by atoms with Crippen LogP contribution in [0, 0.1) is 0 Å². The van der Waals surface area contributed by atoms with Crippen molar-refractivity contribution in [3.63, 3.8) is 0 Å². The van der Waals surface area contributed by atoms with E-state index in [2.05, 4.69) is 4.98 Å². The molecule has 5 heteroatoms. The summed E-state index contributed by atoms with van der Waals surface area (Å²) in [6.45, 7) is 3.25. The van der Waals surface area contributed by atoms with Crippen LogP contribution in [-0.2, 0) is 11.2 Å². The molecule has 2 rings (SSSR count). The van der Waals surface area contributed by atoms with Crippen LogP contribution >= 0.6 is 11.6 Å². The second-order valence-corrected chi connectivity index (χ2v) is 3.80. The first-order chi connectivity index (χ1) is 7.70. The van der Waals surface area contributed by atoms with Crippen molar-refractivity contribution in [2.24, 2.45) is 0 Å². The highest BCUT2D eigenvalue weighted by Gasteiger charge is 2.08. The van der Waals surface area contributed by atoms with Crippen LogP contribution in [0.2, 0.25) is 5.02 Å². The monoisotopic (exact) mass is 240 g/mol. The lowest BCUT2D eigenvalue weighted by molar-refractivity contribution is 0.146. The van der Waals surface area contributed by atoms with E-state index in [1.807, 2.05) is 6.92 Å². The number of hydrogen-bond acceptors (Lipinski definition) is 4. The highest BCUT2D eigenvalue weighted by molar-refractivity contribution is 6.33. The number of ether oxygens (including phenoxy) is 1. The number of oxazole rings is 1. The Labute approximate surface area is 98.3 Å². The van der Waals surface area contributed by atoms with Crippen LogP contribution in [0.1, 0.15) is 12.8 Å². The van der Waals surface area contributed by atoms with Gasteiger partial charge in [-0.25, -0.2) is 4.98 Å². The lowest BCUT2D eigenvalue weighted by Crippen LogP contribution is -1.97. The van der Waals surface area contributed by atoms with Crippen molar-refractivity contribution in [2.75, 3.05) is 18.9 Å². The Morgan fingerprint density at radius 3 is 3.06 bits per heavy atom. The van der Waals surface area contributed by atoms with Crippen molar-refractivity contribution in [3.8, 4) is 0 Å². The topological polar surface area (TPSA) is 61.3 Å². The van der Waals surface area contributed by atoms with Crippen LogP contribution in [0.3, 0.4) is 0 Å². The molecule has 0 saturated carbocycles. The zero-order chi connectivity index (χ0) is 11.5. The molecule has 0 bridgehead atoms. The van der Waals surface area contributed by atoms with Gasteiger partial charge in [-0.05, 0) is 13.0 Å². The van der Waals surface area contributed by atoms with Crippen molar-refractivity contribution in [1.29, 1.82) is 0 Å².